The highest BCUT2D eigenvalue weighted by atomic mass is 19.1. The molecule has 168 valence electrons. The number of benzene rings is 1. The van der Waals surface area contributed by atoms with Gasteiger partial charge in [-0.05, 0) is 52.0 Å². The zero-order valence-electron chi connectivity index (χ0n) is 18.6. The van der Waals surface area contributed by atoms with Crippen molar-refractivity contribution in [3.63, 3.8) is 0 Å². The van der Waals surface area contributed by atoms with E-state index in [1.165, 1.54) is 42.3 Å². The molecule has 3 aromatic rings. The summed E-state index contributed by atoms with van der Waals surface area (Å²) in [5.41, 5.74) is 0.660. The number of hydrogen-bond acceptors (Lipinski definition) is 7. The molecule has 0 saturated carbocycles. The van der Waals surface area contributed by atoms with Gasteiger partial charge in [0, 0.05) is 42.6 Å². The number of piperidine rings is 2. The first-order valence-corrected chi connectivity index (χ1v) is 11.0. The highest BCUT2D eigenvalue weighted by Crippen LogP contribution is 2.41. The second-order valence-corrected chi connectivity index (χ2v) is 9.70. The number of phenols is 1. The van der Waals surface area contributed by atoms with Gasteiger partial charge in [-0.15, -0.1) is 10.2 Å². The fraction of sp³-hybridized carbons (Fsp3) is 0.478. The molecular formula is C23H28FN7O. The number of nitrogens with one attached hydrogen (secondary N) is 1. The van der Waals surface area contributed by atoms with Crippen molar-refractivity contribution in [3.05, 3.63) is 42.9 Å². The summed E-state index contributed by atoms with van der Waals surface area (Å²) in [7, 11) is 2.03. The minimum Gasteiger partial charge on any atom is -0.507 e. The van der Waals surface area contributed by atoms with Crippen molar-refractivity contribution in [2.45, 2.75) is 63.1 Å². The van der Waals surface area contributed by atoms with Gasteiger partial charge in [-0.25, -0.2) is 14.4 Å². The molecule has 1 aromatic carbocycles. The largest absolute Gasteiger partial charge is 0.507 e. The first kappa shape index (κ1) is 20.8. The van der Waals surface area contributed by atoms with E-state index in [4.69, 9.17) is 0 Å². The number of halogens is 1. The summed E-state index contributed by atoms with van der Waals surface area (Å²) in [6.07, 6.45) is 11.9. The van der Waals surface area contributed by atoms with Gasteiger partial charge in [0.05, 0.1) is 23.8 Å². The van der Waals surface area contributed by atoms with Crippen LogP contribution < -0.4 is 10.2 Å². The van der Waals surface area contributed by atoms with Crippen LogP contribution in [0, 0.1) is 5.82 Å². The van der Waals surface area contributed by atoms with Gasteiger partial charge in [-0.3, -0.25) is 0 Å². The minimum absolute atomic E-state index is 0.120. The van der Waals surface area contributed by atoms with Crippen LogP contribution in [0.4, 0.5) is 10.2 Å². The third-order valence-corrected chi connectivity index (χ3v) is 6.98. The van der Waals surface area contributed by atoms with Gasteiger partial charge in [0.15, 0.2) is 11.6 Å². The van der Waals surface area contributed by atoms with Crippen LogP contribution in [0.5, 0.6) is 5.75 Å². The molecule has 5 rings (SSSR count). The SMILES string of the molecule is CN(c1cnc(-c2cc(F)c(-n3ccnc3)cc2O)nn1)C1C[C@]2(C)CCC[C@](C)(C1)N2. The van der Waals surface area contributed by atoms with Crippen LogP contribution in [-0.2, 0) is 0 Å². The number of fused-ring (bicyclic) bond motifs is 2. The van der Waals surface area contributed by atoms with Crippen molar-refractivity contribution in [2.24, 2.45) is 0 Å². The molecule has 4 heterocycles. The second-order valence-electron chi connectivity index (χ2n) is 9.70. The molecule has 2 saturated heterocycles. The summed E-state index contributed by atoms with van der Waals surface area (Å²) in [4.78, 5) is 10.5. The first-order chi connectivity index (χ1) is 15.3. The maximum atomic E-state index is 14.7. The van der Waals surface area contributed by atoms with Crippen molar-refractivity contribution in [2.75, 3.05) is 11.9 Å². The molecule has 2 fully saturated rings. The van der Waals surface area contributed by atoms with Crippen LogP contribution >= 0.6 is 0 Å². The molecule has 2 aliphatic heterocycles. The fourth-order valence-corrected chi connectivity index (χ4v) is 5.49. The average Bonchev–Trinajstić information content (AvgIpc) is 3.28. The van der Waals surface area contributed by atoms with Gasteiger partial charge < -0.3 is 19.9 Å². The molecule has 0 radical (unpaired) electrons. The first-order valence-electron chi connectivity index (χ1n) is 11.0. The number of anilines is 1. The lowest BCUT2D eigenvalue weighted by molar-refractivity contribution is 0.0784. The van der Waals surface area contributed by atoms with Crippen molar-refractivity contribution in [3.8, 4) is 22.8 Å². The Hall–Kier alpha value is -3.07. The zero-order valence-corrected chi connectivity index (χ0v) is 18.6. The van der Waals surface area contributed by atoms with Crippen LogP contribution in [0.2, 0.25) is 0 Å². The molecule has 0 aliphatic carbocycles. The molecule has 1 unspecified atom stereocenters. The number of aromatic hydroxyl groups is 1. The normalized spacial score (nSPS) is 27.3. The molecule has 0 spiro atoms. The molecule has 9 heteroatoms. The van der Waals surface area contributed by atoms with Crippen LogP contribution in [-0.4, -0.2) is 54.0 Å². The predicted molar refractivity (Wildman–Crippen MR) is 119 cm³/mol. The molecule has 2 aromatic heterocycles. The van der Waals surface area contributed by atoms with Gasteiger partial charge in [0.1, 0.15) is 11.6 Å². The van der Waals surface area contributed by atoms with Crippen LogP contribution in [0.3, 0.4) is 0 Å². The van der Waals surface area contributed by atoms with Crippen molar-refractivity contribution < 1.29 is 9.50 Å². The summed E-state index contributed by atoms with van der Waals surface area (Å²) in [5, 5.41) is 22.9. The lowest BCUT2D eigenvalue weighted by Gasteiger charge is -2.55. The molecule has 3 atom stereocenters. The fourth-order valence-electron chi connectivity index (χ4n) is 5.49. The summed E-state index contributed by atoms with van der Waals surface area (Å²) < 4.78 is 16.2. The van der Waals surface area contributed by atoms with E-state index >= 15 is 0 Å². The van der Waals surface area contributed by atoms with E-state index < -0.39 is 5.82 Å². The lowest BCUT2D eigenvalue weighted by Crippen LogP contribution is -2.66. The summed E-state index contributed by atoms with van der Waals surface area (Å²) in [6.45, 7) is 4.62. The average molecular weight is 438 g/mol. The maximum Gasteiger partial charge on any atom is 0.185 e. The van der Waals surface area contributed by atoms with Crippen LogP contribution in [0.15, 0.2) is 37.1 Å². The zero-order chi connectivity index (χ0) is 22.5. The summed E-state index contributed by atoms with van der Waals surface area (Å²) >= 11 is 0. The van der Waals surface area contributed by atoms with E-state index in [9.17, 15) is 9.50 Å². The molecular weight excluding hydrogens is 409 g/mol. The molecule has 2 N–H and O–H groups in total. The minimum atomic E-state index is -0.511. The van der Waals surface area contributed by atoms with Gasteiger partial charge in [0.25, 0.3) is 0 Å². The van der Waals surface area contributed by atoms with E-state index in [0.29, 0.717) is 11.9 Å². The van der Waals surface area contributed by atoms with Gasteiger partial charge >= 0.3 is 0 Å². The van der Waals surface area contributed by atoms with Crippen molar-refractivity contribution >= 4 is 5.82 Å². The lowest BCUT2D eigenvalue weighted by atomic mass is 9.69. The molecule has 0 amide bonds. The van der Waals surface area contributed by atoms with Gasteiger partial charge in [0.2, 0.25) is 0 Å². The third kappa shape index (κ3) is 3.70. The Balaban J connectivity index is 1.38. The Kier molecular flexibility index (Phi) is 4.88. The number of hydrogen-bond donors (Lipinski definition) is 2. The van der Waals surface area contributed by atoms with Crippen LogP contribution in [0.25, 0.3) is 17.1 Å². The second kappa shape index (κ2) is 7.51. The summed E-state index contributed by atoms with van der Waals surface area (Å²) in [6, 6.07) is 2.89. The van der Waals surface area contributed by atoms with E-state index in [1.54, 1.807) is 18.6 Å². The van der Waals surface area contributed by atoms with Crippen molar-refractivity contribution in [1.82, 2.24) is 30.0 Å². The Labute approximate surface area is 186 Å². The van der Waals surface area contributed by atoms with E-state index in [-0.39, 0.29) is 33.9 Å². The maximum absolute atomic E-state index is 14.7. The van der Waals surface area contributed by atoms with Gasteiger partial charge in [-0.1, -0.05) is 0 Å². The standard InChI is InChI=1S/C23H28FN7O/c1-22-5-4-6-23(2,29-22)12-15(11-22)30(3)20-13-26-21(28-27-20)16-9-17(24)18(10-19(16)32)31-8-7-25-14-31/h7-10,13-15,29,32H,4-6,11-12H2,1-3H3/t15?,22-,23+. The van der Waals surface area contributed by atoms with Crippen molar-refractivity contribution in [1.29, 1.82) is 0 Å². The number of nitrogens with zero attached hydrogens (tertiary/aromatic N) is 6. The Bertz CT molecular complexity index is 1100. The summed E-state index contributed by atoms with van der Waals surface area (Å²) in [5.74, 6) is 0.214. The van der Waals surface area contributed by atoms with Gasteiger partial charge in [-0.2, -0.15) is 0 Å². The highest BCUT2D eigenvalue weighted by molar-refractivity contribution is 5.66. The molecule has 2 aliphatic rings. The molecule has 8 nitrogen and oxygen atoms in total. The Morgan fingerprint density at radius 1 is 1.19 bits per heavy atom. The monoisotopic (exact) mass is 437 g/mol. The molecule has 32 heavy (non-hydrogen) atoms. The van der Waals surface area contributed by atoms with E-state index in [1.807, 2.05) is 7.05 Å². The van der Waals surface area contributed by atoms with E-state index in [0.717, 1.165) is 12.8 Å². The molecule has 2 bridgehead atoms. The Morgan fingerprint density at radius 3 is 2.56 bits per heavy atom. The number of rotatable bonds is 4. The third-order valence-electron chi connectivity index (χ3n) is 6.98. The predicted octanol–water partition coefficient (Wildman–Crippen LogP) is 3.46. The number of aromatic nitrogens is 5. The Morgan fingerprint density at radius 2 is 1.94 bits per heavy atom. The number of phenolic OH excluding ortho intramolecular Hbond substituents is 1. The van der Waals surface area contributed by atoms with Crippen LogP contribution in [0.1, 0.15) is 46.0 Å². The van der Waals surface area contributed by atoms with E-state index in [2.05, 4.69) is 44.2 Å². The topological polar surface area (TPSA) is 92.0 Å². The smallest absolute Gasteiger partial charge is 0.185 e. The quantitative estimate of drug-likeness (QED) is 0.646. The number of imidazole rings is 1. The highest BCUT2D eigenvalue weighted by Gasteiger charge is 2.46.